The molecule has 0 radical (unpaired) electrons. The van der Waals surface area contributed by atoms with E-state index in [4.69, 9.17) is 0 Å². The number of benzene rings is 3. The summed E-state index contributed by atoms with van der Waals surface area (Å²) in [6, 6.07) is 37.2. The molecule has 188 valence electrons. The Kier molecular flexibility index (Phi) is 6.77. The number of aromatic nitrogens is 3. The maximum absolute atomic E-state index is 11.7. The third-order valence-electron chi connectivity index (χ3n) is 7.37. The maximum atomic E-state index is 11.7. The van der Waals surface area contributed by atoms with Crippen molar-refractivity contribution < 1.29 is 5.11 Å². The molecule has 0 aliphatic rings. The molecule has 0 saturated carbocycles. The van der Waals surface area contributed by atoms with Gasteiger partial charge in [0.15, 0.2) is 0 Å². The molecule has 3 heterocycles. The highest BCUT2D eigenvalue weighted by Crippen LogP contribution is 2.49. The molecule has 39 heavy (non-hydrogen) atoms. The van der Waals surface area contributed by atoms with Crippen molar-refractivity contribution in [2.24, 2.45) is 0 Å². The van der Waals surface area contributed by atoms with Crippen LogP contribution in [0.25, 0.3) is 33.4 Å². The van der Waals surface area contributed by atoms with E-state index in [1.807, 2.05) is 91.8 Å². The first-order chi connectivity index (χ1) is 19.3. The third-order valence-corrected chi connectivity index (χ3v) is 7.37. The van der Waals surface area contributed by atoms with E-state index in [0.29, 0.717) is 0 Å². The topological polar surface area (TPSA) is 58.9 Å². The SMILES string of the molecule is OCC(c1ccccc1-c1ccncc1)(c1ccccc1-c1ccncc1)c1ccccc1-c1ccncc1. The maximum Gasteiger partial charge on any atom is 0.0700 e. The fraction of sp³-hybridized carbons (Fsp3) is 0.0571. The number of nitrogens with zero attached hydrogens (tertiary/aromatic N) is 3. The van der Waals surface area contributed by atoms with Gasteiger partial charge in [0.1, 0.15) is 0 Å². The molecule has 6 rings (SSSR count). The van der Waals surface area contributed by atoms with Crippen molar-refractivity contribution in [2.45, 2.75) is 5.41 Å². The van der Waals surface area contributed by atoms with Crippen LogP contribution in [0.3, 0.4) is 0 Å². The first-order valence-corrected chi connectivity index (χ1v) is 12.9. The summed E-state index contributed by atoms with van der Waals surface area (Å²) < 4.78 is 0. The highest BCUT2D eigenvalue weighted by molar-refractivity contribution is 5.80. The number of aliphatic hydroxyl groups excluding tert-OH is 1. The Morgan fingerprint density at radius 3 is 0.974 bits per heavy atom. The van der Waals surface area contributed by atoms with E-state index in [9.17, 15) is 5.11 Å². The number of hydrogen-bond acceptors (Lipinski definition) is 4. The number of pyridine rings is 3. The Morgan fingerprint density at radius 1 is 0.410 bits per heavy atom. The van der Waals surface area contributed by atoms with E-state index in [0.717, 1.165) is 50.1 Å². The Balaban J connectivity index is 1.75. The Labute approximate surface area is 228 Å². The lowest BCUT2D eigenvalue weighted by atomic mass is 9.64. The van der Waals surface area contributed by atoms with Gasteiger partial charge in [0.05, 0.1) is 12.0 Å². The Bertz CT molecular complexity index is 1490. The van der Waals surface area contributed by atoms with Crippen LogP contribution >= 0.6 is 0 Å². The fourth-order valence-corrected chi connectivity index (χ4v) is 5.61. The Hall–Kier alpha value is -4.93. The third kappa shape index (κ3) is 4.41. The zero-order chi connectivity index (χ0) is 26.5. The van der Waals surface area contributed by atoms with Crippen LogP contribution in [0.2, 0.25) is 0 Å². The average Bonchev–Trinajstić information content (AvgIpc) is 3.04. The molecule has 0 amide bonds. The van der Waals surface area contributed by atoms with Crippen molar-refractivity contribution in [3.8, 4) is 33.4 Å². The highest BCUT2D eigenvalue weighted by Gasteiger charge is 2.41. The molecule has 3 aromatic heterocycles. The second kappa shape index (κ2) is 10.8. The number of aliphatic hydroxyl groups is 1. The lowest BCUT2D eigenvalue weighted by Crippen LogP contribution is -2.35. The molecule has 4 heteroatoms. The van der Waals surface area contributed by atoms with E-state index >= 15 is 0 Å². The smallest absolute Gasteiger partial charge is 0.0700 e. The minimum atomic E-state index is -0.903. The molecule has 0 aliphatic heterocycles. The van der Waals surface area contributed by atoms with Crippen LogP contribution in [0.5, 0.6) is 0 Å². The predicted octanol–water partition coefficient (Wildman–Crippen LogP) is 7.20. The van der Waals surface area contributed by atoms with Crippen molar-refractivity contribution in [2.75, 3.05) is 6.61 Å². The minimum Gasteiger partial charge on any atom is -0.395 e. The molecular weight excluding hydrogens is 478 g/mol. The van der Waals surface area contributed by atoms with Gasteiger partial charge in [-0.05, 0) is 86.5 Å². The molecule has 0 fully saturated rings. The zero-order valence-corrected chi connectivity index (χ0v) is 21.4. The van der Waals surface area contributed by atoms with Gasteiger partial charge in [-0.25, -0.2) is 0 Å². The van der Waals surface area contributed by atoms with Gasteiger partial charge in [-0.15, -0.1) is 0 Å². The van der Waals surface area contributed by atoms with Crippen molar-refractivity contribution in [1.29, 1.82) is 0 Å². The van der Waals surface area contributed by atoms with Crippen LogP contribution in [0.4, 0.5) is 0 Å². The van der Waals surface area contributed by atoms with E-state index in [-0.39, 0.29) is 6.61 Å². The summed E-state index contributed by atoms with van der Waals surface area (Å²) in [6.07, 6.45) is 10.8. The summed E-state index contributed by atoms with van der Waals surface area (Å²) in [5.41, 5.74) is 8.40. The van der Waals surface area contributed by atoms with Crippen LogP contribution in [0, 0.1) is 0 Å². The van der Waals surface area contributed by atoms with Gasteiger partial charge < -0.3 is 5.11 Å². The van der Waals surface area contributed by atoms with Crippen LogP contribution in [-0.4, -0.2) is 26.7 Å². The molecule has 0 saturated heterocycles. The first-order valence-electron chi connectivity index (χ1n) is 12.9. The van der Waals surface area contributed by atoms with Gasteiger partial charge in [0, 0.05) is 37.2 Å². The standard InChI is InChI=1S/C35H27N3O/c39-25-35(32-10-4-1-7-29(32)26-13-19-36-20-14-26,33-11-5-2-8-30(33)27-15-21-37-22-16-27)34-12-6-3-9-31(34)28-17-23-38-24-18-28/h1-24,39H,25H2. The molecule has 0 aliphatic carbocycles. The summed E-state index contributed by atoms with van der Waals surface area (Å²) >= 11 is 0. The van der Waals surface area contributed by atoms with E-state index < -0.39 is 5.41 Å². The minimum absolute atomic E-state index is 0.140. The molecule has 0 atom stereocenters. The van der Waals surface area contributed by atoms with Gasteiger partial charge in [0.25, 0.3) is 0 Å². The average molecular weight is 506 g/mol. The molecule has 1 N–H and O–H groups in total. The zero-order valence-electron chi connectivity index (χ0n) is 21.4. The van der Waals surface area contributed by atoms with Gasteiger partial charge in [0.2, 0.25) is 0 Å². The molecule has 0 unspecified atom stereocenters. The normalized spacial score (nSPS) is 11.3. The lowest BCUT2D eigenvalue weighted by molar-refractivity contribution is 0.244. The number of rotatable bonds is 7. The highest BCUT2D eigenvalue weighted by atomic mass is 16.3. The van der Waals surface area contributed by atoms with Crippen LogP contribution < -0.4 is 0 Å². The molecule has 0 bridgehead atoms. The summed E-state index contributed by atoms with van der Waals surface area (Å²) in [4.78, 5) is 12.7. The molecule has 0 spiro atoms. The van der Waals surface area contributed by atoms with Crippen LogP contribution in [0.15, 0.2) is 146 Å². The molecular formula is C35H27N3O. The first kappa shape index (κ1) is 24.4. The van der Waals surface area contributed by atoms with Crippen LogP contribution in [-0.2, 0) is 5.41 Å². The second-order valence-corrected chi connectivity index (χ2v) is 9.41. The van der Waals surface area contributed by atoms with Crippen molar-refractivity contribution in [3.63, 3.8) is 0 Å². The second-order valence-electron chi connectivity index (χ2n) is 9.41. The van der Waals surface area contributed by atoms with E-state index in [1.165, 1.54) is 0 Å². The monoisotopic (exact) mass is 505 g/mol. The Morgan fingerprint density at radius 2 is 0.692 bits per heavy atom. The van der Waals surface area contributed by atoms with Gasteiger partial charge in [-0.2, -0.15) is 0 Å². The van der Waals surface area contributed by atoms with Crippen LogP contribution in [0.1, 0.15) is 16.7 Å². The van der Waals surface area contributed by atoms with E-state index in [1.54, 1.807) is 0 Å². The summed E-state index contributed by atoms with van der Waals surface area (Å²) in [6.45, 7) is -0.140. The van der Waals surface area contributed by atoms with Gasteiger partial charge >= 0.3 is 0 Å². The summed E-state index contributed by atoms with van der Waals surface area (Å²) in [5, 5.41) is 11.7. The molecule has 4 nitrogen and oxygen atoms in total. The van der Waals surface area contributed by atoms with Crippen molar-refractivity contribution in [1.82, 2.24) is 15.0 Å². The van der Waals surface area contributed by atoms with Gasteiger partial charge in [-0.1, -0.05) is 72.8 Å². The molecule has 3 aromatic carbocycles. The fourth-order valence-electron chi connectivity index (χ4n) is 5.61. The number of hydrogen-bond donors (Lipinski definition) is 1. The quantitative estimate of drug-likeness (QED) is 0.233. The van der Waals surface area contributed by atoms with E-state index in [2.05, 4.69) is 69.5 Å². The summed E-state index contributed by atoms with van der Waals surface area (Å²) in [7, 11) is 0. The molecule has 6 aromatic rings. The van der Waals surface area contributed by atoms with Crippen molar-refractivity contribution in [3.05, 3.63) is 163 Å². The predicted molar refractivity (Wildman–Crippen MR) is 156 cm³/mol. The largest absolute Gasteiger partial charge is 0.395 e. The van der Waals surface area contributed by atoms with Crippen molar-refractivity contribution >= 4 is 0 Å². The summed E-state index contributed by atoms with van der Waals surface area (Å²) in [5.74, 6) is 0. The van der Waals surface area contributed by atoms with Gasteiger partial charge in [-0.3, -0.25) is 15.0 Å². The lowest BCUT2D eigenvalue weighted by Gasteiger charge is -2.38.